The van der Waals surface area contributed by atoms with E-state index in [-0.39, 0.29) is 68.9 Å². The van der Waals surface area contributed by atoms with E-state index in [0.717, 1.165) is 30.0 Å². The highest BCUT2D eigenvalue weighted by Gasteiger charge is 2.42. The molecule has 1 saturated heterocycles. The molecule has 2 heterocycles. The molecule has 0 spiro atoms. The van der Waals surface area contributed by atoms with Crippen molar-refractivity contribution in [2.24, 2.45) is 0 Å². The van der Waals surface area contributed by atoms with Crippen LogP contribution in [0.15, 0.2) is 59.8 Å². The molecule has 1 saturated carbocycles. The number of aromatic nitrogens is 1. The molecule has 1 amide bonds. The number of hydrogen-bond donors (Lipinski definition) is 0. The fraction of sp³-hybridized carbons (Fsp3) is 0.424. The van der Waals surface area contributed by atoms with Crippen LogP contribution in [-0.4, -0.2) is 74.4 Å². The van der Waals surface area contributed by atoms with E-state index in [1.165, 1.54) is 59.8 Å². The summed E-state index contributed by atoms with van der Waals surface area (Å²) in [6.45, 7) is -3.03. The minimum atomic E-state index is -4.22. The number of esters is 1. The molecule has 3 aromatic rings. The van der Waals surface area contributed by atoms with Crippen LogP contribution in [0, 0.1) is 0 Å². The average Bonchev–Trinajstić information content (AvgIpc) is 3.76. The van der Waals surface area contributed by atoms with Gasteiger partial charge in [-0.1, -0.05) is 35.3 Å². The van der Waals surface area contributed by atoms with Crippen molar-refractivity contribution in [3.05, 3.63) is 81.6 Å². The Kier molecular flexibility index (Phi) is 12.8. The van der Waals surface area contributed by atoms with Crippen LogP contribution in [0.1, 0.15) is 66.1 Å². The number of halogens is 4. The SMILES string of the molecule is CN(C)C(=O)c1cccc(S(=O)(=O)N2CCC[C@H]2C(=O)O[C@@H](Cc2c(Cl)c[nH+]cc2Cl)c2ccc(OC(F)F)c(OC3CCCC3)c2)c1.[OH-]. The van der Waals surface area contributed by atoms with E-state index >= 15 is 0 Å². The van der Waals surface area contributed by atoms with Gasteiger partial charge >= 0.3 is 12.6 Å². The smallest absolute Gasteiger partial charge is 0.387 e. The number of H-pyrrole nitrogens is 1. The third-order valence-electron chi connectivity index (χ3n) is 8.37. The zero-order valence-electron chi connectivity index (χ0n) is 26.8. The average molecular weight is 745 g/mol. The molecule has 5 rings (SSSR count). The number of ether oxygens (including phenoxy) is 3. The molecule has 49 heavy (non-hydrogen) atoms. The first-order chi connectivity index (χ1) is 22.8. The summed E-state index contributed by atoms with van der Waals surface area (Å²) in [5.41, 5.74) is 1.00. The third-order valence-corrected chi connectivity index (χ3v) is 10.9. The van der Waals surface area contributed by atoms with E-state index in [1.807, 2.05) is 0 Å². The Hall–Kier alpha value is -3.56. The number of nitrogens with one attached hydrogen (secondary N) is 1. The molecular formula is C33H37Cl2F2N3O8S. The molecule has 266 valence electrons. The lowest BCUT2D eigenvalue weighted by atomic mass is 10.0. The second kappa shape index (κ2) is 16.4. The summed E-state index contributed by atoms with van der Waals surface area (Å²) in [5.74, 6) is -1.29. The van der Waals surface area contributed by atoms with Gasteiger partial charge in [0.2, 0.25) is 10.0 Å². The molecular weight excluding hydrogens is 707 g/mol. The highest BCUT2D eigenvalue weighted by molar-refractivity contribution is 7.89. The second-order valence-electron chi connectivity index (χ2n) is 11.9. The van der Waals surface area contributed by atoms with E-state index in [1.54, 1.807) is 14.1 Å². The summed E-state index contributed by atoms with van der Waals surface area (Å²) in [5, 5.41) is 0.529. The molecule has 0 bridgehead atoms. The Morgan fingerprint density at radius 3 is 2.35 bits per heavy atom. The maximum Gasteiger partial charge on any atom is 0.387 e. The van der Waals surface area contributed by atoms with Gasteiger partial charge in [0, 0.05) is 38.2 Å². The number of aromatic amines is 1. The number of pyridine rings is 1. The maximum atomic E-state index is 13.9. The summed E-state index contributed by atoms with van der Waals surface area (Å²) >= 11 is 12.9. The van der Waals surface area contributed by atoms with Crippen LogP contribution in [-0.2, 0) is 26.0 Å². The number of benzene rings is 2. The van der Waals surface area contributed by atoms with E-state index in [4.69, 9.17) is 37.4 Å². The first-order valence-corrected chi connectivity index (χ1v) is 17.7. The number of amides is 1. The molecule has 2 N–H and O–H groups in total. The van der Waals surface area contributed by atoms with Gasteiger partial charge in [0.1, 0.15) is 22.2 Å². The third kappa shape index (κ3) is 8.97. The van der Waals surface area contributed by atoms with Gasteiger partial charge in [0.15, 0.2) is 23.9 Å². The molecule has 16 heteroatoms. The van der Waals surface area contributed by atoms with E-state index < -0.39 is 34.7 Å². The lowest BCUT2D eigenvalue weighted by molar-refractivity contribution is -0.377. The van der Waals surface area contributed by atoms with Crippen molar-refractivity contribution in [1.82, 2.24) is 9.21 Å². The molecule has 2 aliphatic rings. The van der Waals surface area contributed by atoms with Crippen LogP contribution in [0.25, 0.3) is 0 Å². The molecule has 0 unspecified atom stereocenters. The van der Waals surface area contributed by atoms with Crippen LogP contribution in [0.3, 0.4) is 0 Å². The fourth-order valence-electron chi connectivity index (χ4n) is 5.95. The monoisotopic (exact) mass is 743 g/mol. The number of nitrogens with zero attached hydrogens (tertiary/aromatic N) is 2. The van der Waals surface area contributed by atoms with Crippen molar-refractivity contribution in [3.8, 4) is 11.5 Å². The Morgan fingerprint density at radius 1 is 1.00 bits per heavy atom. The number of rotatable bonds is 12. The number of carbonyl (C=O) groups is 2. The highest BCUT2D eigenvalue weighted by atomic mass is 35.5. The number of sulfonamides is 1. The Bertz CT molecular complexity index is 1740. The van der Waals surface area contributed by atoms with Crippen molar-refractivity contribution in [3.63, 3.8) is 0 Å². The molecule has 11 nitrogen and oxygen atoms in total. The zero-order chi connectivity index (χ0) is 34.6. The molecule has 2 atom stereocenters. The first-order valence-electron chi connectivity index (χ1n) is 15.5. The lowest BCUT2D eigenvalue weighted by Crippen LogP contribution is -2.42. The van der Waals surface area contributed by atoms with Crippen LogP contribution < -0.4 is 14.5 Å². The standard InChI is InChI=1S/C33H35Cl2F2N3O7S.H2O/c1-39(2)31(41)21-7-5-10-23(15-21)48(43,44)40-14-6-11-27(40)32(42)46-29(17-24-25(34)18-38-19-26(24)35)20-12-13-28(47-33(36)37)30(16-20)45-22-8-3-4-9-22;/h5,7,10,12-13,15-16,18-19,22,27,29,33H,3-4,6,8-9,11,14,17H2,1-2H3;1H2/t27-,29-;/m0./s1. The van der Waals surface area contributed by atoms with Crippen molar-refractivity contribution in [2.75, 3.05) is 20.6 Å². The van der Waals surface area contributed by atoms with Gasteiger partial charge in [-0.25, -0.2) is 13.4 Å². The summed E-state index contributed by atoms with van der Waals surface area (Å²) in [6, 6.07) is 8.76. The van der Waals surface area contributed by atoms with Crippen molar-refractivity contribution >= 4 is 45.1 Å². The Balaban J connectivity index is 0.00000541. The van der Waals surface area contributed by atoms with Gasteiger partial charge in [-0.15, -0.1) is 0 Å². The minimum absolute atomic E-state index is 0. The summed E-state index contributed by atoms with van der Waals surface area (Å²) < 4.78 is 72.2. The van der Waals surface area contributed by atoms with Crippen LogP contribution in [0.5, 0.6) is 11.5 Å². The Morgan fingerprint density at radius 2 is 1.69 bits per heavy atom. The molecule has 2 fully saturated rings. The van der Waals surface area contributed by atoms with Gasteiger partial charge in [-0.3, -0.25) is 9.59 Å². The zero-order valence-corrected chi connectivity index (χ0v) is 29.1. The maximum absolute atomic E-state index is 13.9. The minimum Gasteiger partial charge on any atom is -0.870 e. The lowest BCUT2D eigenvalue weighted by Gasteiger charge is -2.26. The summed E-state index contributed by atoms with van der Waals surface area (Å²) in [4.78, 5) is 30.5. The van der Waals surface area contributed by atoms with Crippen molar-refractivity contribution in [1.29, 1.82) is 0 Å². The van der Waals surface area contributed by atoms with Gasteiger partial charge < -0.3 is 24.6 Å². The van der Waals surface area contributed by atoms with Gasteiger partial charge in [-0.05, 0) is 74.4 Å². The predicted octanol–water partition coefficient (Wildman–Crippen LogP) is 5.94. The van der Waals surface area contributed by atoms with Crippen molar-refractivity contribution in [2.45, 2.75) is 74.7 Å². The van der Waals surface area contributed by atoms with Gasteiger partial charge in [0.25, 0.3) is 5.91 Å². The van der Waals surface area contributed by atoms with E-state index in [2.05, 4.69) is 4.98 Å². The number of hydrogen-bond acceptors (Lipinski definition) is 8. The predicted molar refractivity (Wildman–Crippen MR) is 175 cm³/mol. The van der Waals surface area contributed by atoms with Crippen LogP contribution in [0.4, 0.5) is 8.78 Å². The summed E-state index contributed by atoms with van der Waals surface area (Å²) in [7, 11) is -1.10. The molecule has 1 aromatic heterocycles. The van der Waals surface area contributed by atoms with Crippen molar-refractivity contribution < 1.29 is 51.5 Å². The Labute approximate surface area is 293 Å². The molecule has 0 radical (unpaired) electrons. The molecule has 1 aliphatic carbocycles. The first kappa shape index (κ1) is 38.2. The fourth-order valence-corrected chi connectivity index (χ4v) is 8.17. The number of alkyl halides is 2. The highest BCUT2D eigenvalue weighted by Crippen LogP contribution is 2.38. The second-order valence-corrected chi connectivity index (χ2v) is 14.6. The van der Waals surface area contributed by atoms with Gasteiger partial charge in [-0.2, -0.15) is 13.1 Å². The molecule has 1 aliphatic heterocycles. The largest absolute Gasteiger partial charge is 0.870 e. The van der Waals surface area contributed by atoms with Crippen LogP contribution in [0.2, 0.25) is 10.0 Å². The topological polar surface area (TPSA) is 147 Å². The summed E-state index contributed by atoms with van der Waals surface area (Å²) in [6.07, 6.45) is 5.69. The molecule has 2 aromatic carbocycles. The van der Waals surface area contributed by atoms with E-state index in [0.29, 0.717) is 17.5 Å². The van der Waals surface area contributed by atoms with Crippen LogP contribution >= 0.6 is 23.2 Å². The van der Waals surface area contributed by atoms with E-state index in [9.17, 15) is 26.8 Å². The normalized spacial score (nSPS) is 17.4. The van der Waals surface area contributed by atoms with Gasteiger partial charge in [0.05, 0.1) is 11.0 Å². The number of carbonyl (C=O) groups excluding carboxylic acids is 2. The quantitative estimate of drug-likeness (QED) is 0.207.